The van der Waals surface area contributed by atoms with E-state index in [1.54, 1.807) is 0 Å². The molecule has 0 aliphatic carbocycles. The number of piperidine rings is 1. The summed E-state index contributed by atoms with van der Waals surface area (Å²) in [4.78, 5) is 4.92. The van der Waals surface area contributed by atoms with Gasteiger partial charge >= 0.3 is 0 Å². The molecule has 1 aromatic carbocycles. The van der Waals surface area contributed by atoms with E-state index in [0.717, 1.165) is 29.4 Å². The predicted octanol–water partition coefficient (Wildman–Crippen LogP) is 2.84. The highest BCUT2D eigenvalue weighted by Crippen LogP contribution is 2.22. The molecule has 1 saturated heterocycles. The summed E-state index contributed by atoms with van der Waals surface area (Å²) in [6.45, 7) is 6.69. The predicted molar refractivity (Wildman–Crippen MR) is 82.5 cm³/mol. The molecule has 1 aliphatic heterocycles. The molecule has 0 spiro atoms. The van der Waals surface area contributed by atoms with Crippen LogP contribution in [-0.2, 0) is 6.54 Å². The number of likely N-dealkylation sites (tertiary alicyclic amines) is 1. The van der Waals surface area contributed by atoms with Crippen molar-refractivity contribution in [3.63, 3.8) is 0 Å². The van der Waals surface area contributed by atoms with Gasteiger partial charge in [0.15, 0.2) is 0 Å². The molecule has 2 rings (SSSR count). The van der Waals surface area contributed by atoms with Crippen LogP contribution in [0.3, 0.4) is 0 Å². The highest BCUT2D eigenvalue weighted by atomic mass is 35.5. The monoisotopic (exact) mass is 281 g/mol. The van der Waals surface area contributed by atoms with Gasteiger partial charge in [-0.3, -0.25) is 4.90 Å². The van der Waals surface area contributed by atoms with Crippen molar-refractivity contribution in [2.75, 3.05) is 32.4 Å². The molecular formula is C15H24ClN3. The SMILES string of the molecule is CCN1CCC(N(C)Cc2cc(Cl)ccc2N)CC1. The molecule has 106 valence electrons. The van der Waals surface area contributed by atoms with Crippen LogP contribution < -0.4 is 5.73 Å². The number of benzene rings is 1. The van der Waals surface area contributed by atoms with E-state index in [-0.39, 0.29) is 0 Å². The third kappa shape index (κ3) is 3.85. The van der Waals surface area contributed by atoms with Crippen molar-refractivity contribution in [3.8, 4) is 0 Å². The molecule has 19 heavy (non-hydrogen) atoms. The van der Waals surface area contributed by atoms with Crippen molar-refractivity contribution < 1.29 is 0 Å². The maximum Gasteiger partial charge on any atom is 0.0410 e. The number of nitrogens with zero attached hydrogens (tertiary/aromatic N) is 2. The molecule has 1 aliphatic rings. The topological polar surface area (TPSA) is 32.5 Å². The molecule has 0 radical (unpaired) electrons. The highest BCUT2D eigenvalue weighted by molar-refractivity contribution is 6.30. The smallest absolute Gasteiger partial charge is 0.0410 e. The van der Waals surface area contributed by atoms with Crippen LogP contribution in [0.25, 0.3) is 0 Å². The maximum atomic E-state index is 6.04. The number of rotatable bonds is 4. The van der Waals surface area contributed by atoms with Crippen molar-refractivity contribution in [3.05, 3.63) is 28.8 Å². The van der Waals surface area contributed by atoms with Gasteiger partial charge in [0.25, 0.3) is 0 Å². The number of anilines is 1. The lowest BCUT2D eigenvalue weighted by molar-refractivity contribution is 0.127. The summed E-state index contributed by atoms with van der Waals surface area (Å²) in [6, 6.07) is 6.38. The average Bonchev–Trinajstić information content (AvgIpc) is 2.43. The summed E-state index contributed by atoms with van der Waals surface area (Å²) in [6.07, 6.45) is 2.48. The van der Waals surface area contributed by atoms with Crippen LogP contribution in [0.2, 0.25) is 5.02 Å². The van der Waals surface area contributed by atoms with Crippen LogP contribution in [0.15, 0.2) is 18.2 Å². The zero-order chi connectivity index (χ0) is 13.8. The Kier molecular flexibility index (Phi) is 5.08. The van der Waals surface area contributed by atoms with E-state index < -0.39 is 0 Å². The first-order valence-corrected chi connectivity index (χ1v) is 7.44. The minimum absolute atomic E-state index is 0.654. The van der Waals surface area contributed by atoms with E-state index in [2.05, 4.69) is 23.8 Å². The molecule has 0 aromatic heterocycles. The number of hydrogen-bond acceptors (Lipinski definition) is 3. The van der Waals surface area contributed by atoms with Crippen LogP contribution in [0, 0.1) is 0 Å². The molecule has 0 bridgehead atoms. The maximum absolute atomic E-state index is 6.04. The summed E-state index contributed by atoms with van der Waals surface area (Å²) in [7, 11) is 2.19. The van der Waals surface area contributed by atoms with E-state index in [9.17, 15) is 0 Å². The fourth-order valence-electron chi connectivity index (χ4n) is 2.79. The highest BCUT2D eigenvalue weighted by Gasteiger charge is 2.21. The minimum Gasteiger partial charge on any atom is -0.398 e. The van der Waals surface area contributed by atoms with E-state index in [4.69, 9.17) is 17.3 Å². The number of nitrogens with two attached hydrogens (primary N) is 1. The molecule has 1 aromatic rings. The van der Waals surface area contributed by atoms with Gasteiger partial charge < -0.3 is 10.6 Å². The molecule has 0 unspecified atom stereocenters. The van der Waals surface area contributed by atoms with Gasteiger partial charge in [-0.2, -0.15) is 0 Å². The van der Waals surface area contributed by atoms with Gasteiger partial charge in [-0.05, 0) is 63.3 Å². The molecule has 2 N–H and O–H groups in total. The van der Waals surface area contributed by atoms with Gasteiger partial charge in [0.2, 0.25) is 0 Å². The third-order valence-electron chi connectivity index (χ3n) is 4.15. The largest absolute Gasteiger partial charge is 0.398 e. The molecule has 1 fully saturated rings. The average molecular weight is 282 g/mol. The summed E-state index contributed by atoms with van der Waals surface area (Å²) in [5, 5.41) is 0.762. The lowest BCUT2D eigenvalue weighted by Gasteiger charge is -2.36. The van der Waals surface area contributed by atoms with E-state index in [0.29, 0.717) is 6.04 Å². The molecule has 3 nitrogen and oxygen atoms in total. The Bertz CT molecular complexity index is 414. The molecule has 0 amide bonds. The van der Waals surface area contributed by atoms with Crippen molar-refractivity contribution in [2.45, 2.75) is 32.4 Å². The Hall–Kier alpha value is -0.770. The quantitative estimate of drug-likeness (QED) is 0.862. The zero-order valence-corrected chi connectivity index (χ0v) is 12.7. The second-order valence-corrected chi connectivity index (χ2v) is 5.86. The van der Waals surface area contributed by atoms with Gasteiger partial charge in [0.05, 0.1) is 0 Å². The van der Waals surface area contributed by atoms with Gasteiger partial charge in [0.1, 0.15) is 0 Å². The second-order valence-electron chi connectivity index (χ2n) is 5.42. The molecule has 4 heteroatoms. The minimum atomic E-state index is 0.654. The van der Waals surface area contributed by atoms with Crippen LogP contribution in [-0.4, -0.2) is 42.5 Å². The Morgan fingerprint density at radius 1 is 1.37 bits per heavy atom. The summed E-state index contributed by atoms with van der Waals surface area (Å²) in [5.74, 6) is 0. The van der Waals surface area contributed by atoms with E-state index in [1.807, 2.05) is 18.2 Å². The van der Waals surface area contributed by atoms with Crippen LogP contribution in [0.1, 0.15) is 25.3 Å². The Labute approximate surface area is 121 Å². The molecular weight excluding hydrogens is 258 g/mol. The van der Waals surface area contributed by atoms with Gasteiger partial charge in [-0.1, -0.05) is 18.5 Å². The molecule has 0 saturated carbocycles. The zero-order valence-electron chi connectivity index (χ0n) is 11.9. The fraction of sp³-hybridized carbons (Fsp3) is 0.600. The molecule has 1 heterocycles. The summed E-state index contributed by atoms with van der Waals surface area (Å²) in [5.41, 5.74) is 7.99. The first-order chi connectivity index (χ1) is 9.10. The van der Waals surface area contributed by atoms with Crippen molar-refractivity contribution in [1.29, 1.82) is 0 Å². The second kappa shape index (κ2) is 6.60. The van der Waals surface area contributed by atoms with Crippen LogP contribution in [0.4, 0.5) is 5.69 Å². The first-order valence-electron chi connectivity index (χ1n) is 7.06. The summed E-state index contributed by atoms with van der Waals surface area (Å²) >= 11 is 6.04. The van der Waals surface area contributed by atoms with Crippen molar-refractivity contribution >= 4 is 17.3 Å². The van der Waals surface area contributed by atoms with Crippen LogP contribution >= 0.6 is 11.6 Å². The standard InChI is InChI=1S/C15H24ClN3/c1-3-19-8-6-14(7-9-19)18(2)11-12-10-13(16)4-5-15(12)17/h4-5,10,14H,3,6-9,11,17H2,1-2H3. The Morgan fingerprint density at radius 2 is 2.05 bits per heavy atom. The van der Waals surface area contributed by atoms with Gasteiger partial charge in [-0.25, -0.2) is 0 Å². The number of hydrogen-bond donors (Lipinski definition) is 1. The van der Waals surface area contributed by atoms with Gasteiger partial charge in [0, 0.05) is 23.3 Å². The normalized spacial score (nSPS) is 18.1. The van der Waals surface area contributed by atoms with E-state index in [1.165, 1.54) is 25.9 Å². The lowest BCUT2D eigenvalue weighted by Crippen LogP contribution is -2.42. The molecule has 0 atom stereocenters. The summed E-state index contributed by atoms with van der Waals surface area (Å²) < 4.78 is 0. The lowest BCUT2D eigenvalue weighted by atomic mass is 10.0. The number of nitrogen functional groups attached to an aromatic ring is 1. The van der Waals surface area contributed by atoms with E-state index >= 15 is 0 Å². The van der Waals surface area contributed by atoms with Gasteiger partial charge in [-0.15, -0.1) is 0 Å². The van der Waals surface area contributed by atoms with Crippen molar-refractivity contribution in [1.82, 2.24) is 9.80 Å². The Balaban J connectivity index is 1.94. The fourth-order valence-corrected chi connectivity index (χ4v) is 2.98. The third-order valence-corrected chi connectivity index (χ3v) is 4.39. The van der Waals surface area contributed by atoms with Crippen LogP contribution in [0.5, 0.6) is 0 Å². The number of halogens is 1. The Morgan fingerprint density at radius 3 is 2.68 bits per heavy atom. The van der Waals surface area contributed by atoms with Crippen molar-refractivity contribution in [2.24, 2.45) is 0 Å². The first kappa shape index (κ1) is 14.6.